The minimum Gasteiger partial charge on any atom is -0.481 e. The summed E-state index contributed by atoms with van der Waals surface area (Å²) >= 11 is 0. The number of ether oxygens (including phenoxy) is 1. The Morgan fingerprint density at radius 2 is 1.97 bits per heavy atom. The second-order valence-electron chi connectivity index (χ2n) is 7.23. The van der Waals surface area contributed by atoms with Crippen LogP contribution < -0.4 is 15.7 Å². The van der Waals surface area contributed by atoms with E-state index in [9.17, 15) is 14.4 Å². The third kappa shape index (κ3) is 6.62. The van der Waals surface area contributed by atoms with Gasteiger partial charge in [-0.15, -0.1) is 0 Å². The molecular weight excluding hydrogens is 374 g/mol. The molecule has 0 saturated heterocycles. The molecule has 0 aliphatic rings. The number of benzene rings is 1. The van der Waals surface area contributed by atoms with Gasteiger partial charge in [0, 0.05) is 19.0 Å². The van der Waals surface area contributed by atoms with Gasteiger partial charge in [-0.2, -0.15) is 0 Å². The standard InChI is InChI=1S/C22H29NO6/c1-4-8-16-13-20(26)29-18-12-14(2)11-17(21(16)18)28-15(3)22(27)23-10-7-5-6-9-19(24)25/h11-13,15H,4-10H2,1-3H3,(H,23,27)(H,24,25)/t15-/m0/s1. The van der Waals surface area contributed by atoms with E-state index in [0.29, 0.717) is 37.1 Å². The summed E-state index contributed by atoms with van der Waals surface area (Å²) in [7, 11) is 0. The summed E-state index contributed by atoms with van der Waals surface area (Å²) in [5.74, 6) is -0.525. The van der Waals surface area contributed by atoms with Crippen LogP contribution in [-0.4, -0.2) is 29.6 Å². The highest BCUT2D eigenvalue weighted by Crippen LogP contribution is 2.31. The maximum Gasteiger partial charge on any atom is 0.336 e. The third-order valence-corrected chi connectivity index (χ3v) is 4.59. The van der Waals surface area contributed by atoms with Crippen molar-refractivity contribution in [2.75, 3.05) is 6.54 Å². The van der Waals surface area contributed by atoms with Gasteiger partial charge in [0.15, 0.2) is 6.10 Å². The number of carbonyl (C=O) groups excluding carboxylic acids is 1. The number of rotatable bonds is 11. The molecule has 2 aromatic rings. The number of unbranched alkanes of at least 4 members (excludes halogenated alkanes) is 2. The number of carboxylic acid groups (broad SMARTS) is 1. The van der Waals surface area contributed by atoms with Crippen molar-refractivity contribution in [1.29, 1.82) is 0 Å². The maximum atomic E-state index is 12.4. The highest BCUT2D eigenvalue weighted by molar-refractivity contribution is 5.88. The zero-order valence-corrected chi connectivity index (χ0v) is 17.2. The lowest BCUT2D eigenvalue weighted by Gasteiger charge is -2.18. The van der Waals surface area contributed by atoms with Crippen LogP contribution in [0.3, 0.4) is 0 Å². The van der Waals surface area contributed by atoms with E-state index in [2.05, 4.69) is 5.32 Å². The van der Waals surface area contributed by atoms with Gasteiger partial charge in [-0.1, -0.05) is 19.8 Å². The minimum absolute atomic E-state index is 0.143. The van der Waals surface area contributed by atoms with Gasteiger partial charge >= 0.3 is 11.6 Å². The van der Waals surface area contributed by atoms with Crippen molar-refractivity contribution in [1.82, 2.24) is 5.32 Å². The van der Waals surface area contributed by atoms with E-state index in [1.54, 1.807) is 13.0 Å². The predicted molar refractivity (Wildman–Crippen MR) is 110 cm³/mol. The Balaban J connectivity index is 2.07. The Hall–Kier alpha value is -2.83. The molecule has 1 atom stereocenters. The normalized spacial score (nSPS) is 12.0. The summed E-state index contributed by atoms with van der Waals surface area (Å²) in [6.07, 6.45) is 3.04. The first-order valence-electron chi connectivity index (χ1n) is 10.0. The first-order valence-corrected chi connectivity index (χ1v) is 10.0. The van der Waals surface area contributed by atoms with Crippen LogP contribution in [0.15, 0.2) is 27.4 Å². The summed E-state index contributed by atoms with van der Waals surface area (Å²) < 4.78 is 11.3. The molecular formula is C22H29NO6. The fourth-order valence-electron chi connectivity index (χ4n) is 3.21. The van der Waals surface area contributed by atoms with Crippen LogP contribution in [0.5, 0.6) is 5.75 Å². The molecule has 0 radical (unpaired) electrons. The van der Waals surface area contributed by atoms with Crippen LogP contribution in [0.2, 0.25) is 0 Å². The number of hydrogen-bond donors (Lipinski definition) is 2. The Bertz CT molecular complexity index is 917. The number of aryl methyl sites for hydroxylation is 2. The number of carboxylic acids is 1. The molecule has 7 nitrogen and oxygen atoms in total. The van der Waals surface area contributed by atoms with Crippen molar-refractivity contribution in [3.05, 3.63) is 39.7 Å². The Kier molecular flexibility index (Phi) is 8.24. The topological polar surface area (TPSA) is 106 Å². The van der Waals surface area contributed by atoms with E-state index in [1.165, 1.54) is 6.07 Å². The Morgan fingerprint density at radius 3 is 2.66 bits per heavy atom. The van der Waals surface area contributed by atoms with Crippen molar-refractivity contribution in [3.63, 3.8) is 0 Å². The smallest absolute Gasteiger partial charge is 0.336 e. The maximum absolute atomic E-state index is 12.4. The zero-order chi connectivity index (χ0) is 21.4. The fourth-order valence-corrected chi connectivity index (χ4v) is 3.21. The lowest BCUT2D eigenvalue weighted by molar-refractivity contribution is -0.137. The van der Waals surface area contributed by atoms with Crippen LogP contribution in [0.4, 0.5) is 0 Å². The van der Waals surface area contributed by atoms with Crippen LogP contribution in [0.1, 0.15) is 57.1 Å². The second kappa shape index (κ2) is 10.6. The first-order chi connectivity index (χ1) is 13.8. The lowest BCUT2D eigenvalue weighted by Crippen LogP contribution is -2.36. The minimum atomic E-state index is -0.806. The molecule has 0 saturated carbocycles. The summed E-state index contributed by atoms with van der Waals surface area (Å²) in [5.41, 5.74) is 1.78. The van der Waals surface area contributed by atoms with Gasteiger partial charge in [0.05, 0.1) is 5.39 Å². The quantitative estimate of drug-likeness (QED) is 0.439. The lowest BCUT2D eigenvalue weighted by atomic mass is 10.0. The molecule has 2 N–H and O–H groups in total. The fraction of sp³-hybridized carbons (Fsp3) is 0.500. The second-order valence-corrected chi connectivity index (χ2v) is 7.23. The molecule has 1 heterocycles. The Morgan fingerprint density at radius 1 is 1.21 bits per heavy atom. The van der Waals surface area contributed by atoms with Crippen molar-refractivity contribution in [2.24, 2.45) is 0 Å². The van der Waals surface area contributed by atoms with Gasteiger partial charge in [-0.25, -0.2) is 4.79 Å². The largest absolute Gasteiger partial charge is 0.481 e. The highest BCUT2D eigenvalue weighted by atomic mass is 16.5. The van der Waals surface area contributed by atoms with Gasteiger partial charge < -0.3 is 19.6 Å². The third-order valence-electron chi connectivity index (χ3n) is 4.59. The van der Waals surface area contributed by atoms with E-state index < -0.39 is 17.7 Å². The highest BCUT2D eigenvalue weighted by Gasteiger charge is 2.18. The molecule has 0 bridgehead atoms. The molecule has 158 valence electrons. The molecule has 2 rings (SSSR count). The van der Waals surface area contributed by atoms with Crippen LogP contribution in [0, 0.1) is 6.92 Å². The van der Waals surface area contributed by atoms with E-state index in [1.807, 2.05) is 19.9 Å². The average molecular weight is 403 g/mol. The van der Waals surface area contributed by atoms with E-state index in [0.717, 1.165) is 29.4 Å². The Labute approximate surface area is 170 Å². The van der Waals surface area contributed by atoms with E-state index in [4.69, 9.17) is 14.3 Å². The average Bonchev–Trinajstić information content (AvgIpc) is 2.63. The summed E-state index contributed by atoms with van der Waals surface area (Å²) in [6, 6.07) is 5.12. The van der Waals surface area contributed by atoms with Crippen LogP contribution in [0.25, 0.3) is 11.0 Å². The number of aliphatic carboxylic acids is 1. The number of hydrogen-bond acceptors (Lipinski definition) is 5. The molecule has 7 heteroatoms. The van der Waals surface area contributed by atoms with Crippen molar-refractivity contribution < 1.29 is 23.8 Å². The SMILES string of the molecule is CCCc1cc(=O)oc2cc(C)cc(O[C@@H](C)C(=O)NCCCCCC(=O)O)c12. The number of amides is 1. The van der Waals surface area contributed by atoms with E-state index in [-0.39, 0.29) is 12.3 Å². The van der Waals surface area contributed by atoms with Crippen LogP contribution in [-0.2, 0) is 16.0 Å². The predicted octanol–water partition coefficient (Wildman–Crippen LogP) is 3.58. The van der Waals surface area contributed by atoms with Crippen LogP contribution >= 0.6 is 0 Å². The first kappa shape index (κ1) is 22.5. The molecule has 0 aliphatic heterocycles. The van der Waals surface area contributed by atoms with E-state index >= 15 is 0 Å². The van der Waals surface area contributed by atoms with Crippen molar-refractivity contribution in [3.8, 4) is 5.75 Å². The molecule has 1 aromatic carbocycles. The number of carbonyl (C=O) groups is 2. The van der Waals surface area contributed by atoms with Gasteiger partial charge in [0.1, 0.15) is 11.3 Å². The van der Waals surface area contributed by atoms with Crippen molar-refractivity contribution >= 4 is 22.8 Å². The van der Waals surface area contributed by atoms with Gasteiger partial charge in [0.2, 0.25) is 0 Å². The van der Waals surface area contributed by atoms with Gasteiger partial charge in [-0.05, 0) is 56.4 Å². The number of nitrogens with one attached hydrogen (secondary N) is 1. The molecule has 0 aliphatic carbocycles. The molecule has 1 amide bonds. The van der Waals surface area contributed by atoms with Crippen molar-refractivity contribution in [2.45, 2.75) is 65.4 Å². The monoisotopic (exact) mass is 403 g/mol. The molecule has 29 heavy (non-hydrogen) atoms. The summed E-state index contributed by atoms with van der Waals surface area (Å²) in [5, 5.41) is 12.2. The number of fused-ring (bicyclic) bond motifs is 1. The van der Waals surface area contributed by atoms with Gasteiger partial charge in [-0.3, -0.25) is 9.59 Å². The van der Waals surface area contributed by atoms with Gasteiger partial charge in [0.25, 0.3) is 5.91 Å². The molecule has 0 unspecified atom stereocenters. The summed E-state index contributed by atoms with van der Waals surface area (Å²) in [6.45, 7) is 6.05. The zero-order valence-electron chi connectivity index (χ0n) is 17.2. The molecule has 0 fully saturated rings. The summed E-state index contributed by atoms with van der Waals surface area (Å²) in [4.78, 5) is 34.7. The molecule has 0 spiro atoms. The molecule has 1 aromatic heterocycles.